The Balaban J connectivity index is 1.88. The molecule has 160 valence electrons. The fourth-order valence-corrected chi connectivity index (χ4v) is 3.48. The van der Waals surface area contributed by atoms with Gasteiger partial charge in [0.15, 0.2) is 13.2 Å². The van der Waals surface area contributed by atoms with Gasteiger partial charge in [0, 0.05) is 17.8 Å². The maximum atomic E-state index is 12.5. The normalized spacial score (nSPS) is 19.3. The summed E-state index contributed by atoms with van der Waals surface area (Å²) in [5.74, 6) is -0.991. The lowest BCUT2D eigenvalue weighted by molar-refractivity contribution is -0.139. The van der Waals surface area contributed by atoms with E-state index in [1.54, 1.807) is 18.2 Å². The number of ketones is 1. The molecular weight excluding hydrogens is 386 g/mol. The Hall–Kier alpha value is -3.34. The molecule has 1 aliphatic heterocycles. The van der Waals surface area contributed by atoms with Gasteiger partial charge in [-0.25, -0.2) is 4.79 Å². The Bertz CT molecular complexity index is 856. The number of allylic oxidation sites excluding steroid dienone is 1. The van der Waals surface area contributed by atoms with Crippen molar-refractivity contribution in [2.24, 2.45) is 5.73 Å². The number of esters is 1. The third-order valence-corrected chi connectivity index (χ3v) is 5.05. The number of carbonyl (C=O) groups is 3. The molecular formula is C22H27N3O5. The van der Waals surface area contributed by atoms with Gasteiger partial charge < -0.3 is 20.1 Å². The van der Waals surface area contributed by atoms with E-state index in [1.807, 2.05) is 18.7 Å². The highest BCUT2D eigenvalue weighted by atomic mass is 16.5. The first-order chi connectivity index (χ1) is 14.2. The van der Waals surface area contributed by atoms with Gasteiger partial charge in [0.05, 0.1) is 5.56 Å². The molecule has 1 saturated heterocycles. The molecule has 1 heterocycles. The smallest absolute Gasteiger partial charge is 0.338 e. The first kappa shape index (κ1) is 22.9. The van der Waals surface area contributed by atoms with Gasteiger partial charge in [0.1, 0.15) is 17.4 Å². The van der Waals surface area contributed by atoms with Crippen molar-refractivity contribution in [1.82, 2.24) is 4.90 Å². The number of Topliss-reactive ketones (excluding diaryl/α,β-unsaturated/α-hetero) is 1. The van der Waals surface area contributed by atoms with Crippen LogP contribution in [0.4, 0.5) is 0 Å². The van der Waals surface area contributed by atoms with Crippen molar-refractivity contribution in [2.75, 3.05) is 13.2 Å². The second-order valence-electron chi connectivity index (χ2n) is 7.41. The lowest BCUT2D eigenvalue weighted by atomic mass is 9.97. The van der Waals surface area contributed by atoms with Crippen molar-refractivity contribution >= 4 is 17.7 Å². The highest BCUT2D eigenvalue weighted by molar-refractivity contribution is 6.02. The van der Waals surface area contributed by atoms with Gasteiger partial charge in [0.2, 0.25) is 5.78 Å². The van der Waals surface area contributed by atoms with Crippen LogP contribution in [0, 0.1) is 11.3 Å². The summed E-state index contributed by atoms with van der Waals surface area (Å²) >= 11 is 0. The number of piperidine rings is 1. The van der Waals surface area contributed by atoms with Crippen molar-refractivity contribution in [1.29, 1.82) is 5.26 Å². The number of ether oxygens (including phenoxy) is 2. The maximum Gasteiger partial charge on any atom is 0.338 e. The lowest BCUT2D eigenvalue weighted by Crippen LogP contribution is -2.49. The molecule has 0 radical (unpaired) electrons. The number of amides is 1. The molecule has 1 aliphatic rings. The summed E-state index contributed by atoms with van der Waals surface area (Å²) in [6.07, 6.45) is 3.11. The summed E-state index contributed by atoms with van der Waals surface area (Å²) in [5, 5.41) is 8.89. The standard InChI is InChI=1S/C22H27N3O5/c1-14-5-4-6-15(2)25(14)21(27)13-29-18-9-7-17(8-10-18)22(28)30-12-20(26)19(11-23)16(3)24/h7-10,14-15H,4-6,12-13,24H2,1-3H3/b19-16+/t14-,15-/m1/s1. The van der Waals surface area contributed by atoms with Crippen LogP contribution in [0.25, 0.3) is 0 Å². The predicted molar refractivity (Wildman–Crippen MR) is 109 cm³/mol. The lowest BCUT2D eigenvalue weighted by Gasteiger charge is -2.38. The van der Waals surface area contributed by atoms with Crippen molar-refractivity contribution in [3.8, 4) is 11.8 Å². The molecule has 0 saturated carbocycles. The van der Waals surface area contributed by atoms with Crippen molar-refractivity contribution in [3.05, 3.63) is 41.1 Å². The zero-order valence-corrected chi connectivity index (χ0v) is 17.5. The van der Waals surface area contributed by atoms with E-state index in [4.69, 9.17) is 20.5 Å². The van der Waals surface area contributed by atoms with E-state index in [1.165, 1.54) is 19.1 Å². The zero-order valence-electron chi connectivity index (χ0n) is 17.5. The fourth-order valence-electron chi connectivity index (χ4n) is 3.48. The van der Waals surface area contributed by atoms with Gasteiger partial charge >= 0.3 is 5.97 Å². The van der Waals surface area contributed by atoms with Crippen molar-refractivity contribution in [3.63, 3.8) is 0 Å². The molecule has 2 atom stereocenters. The first-order valence-electron chi connectivity index (χ1n) is 9.85. The van der Waals surface area contributed by atoms with Crippen LogP contribution in [0.3, 0.4) is 0 Å². The largest absolute Gasteiger partial charge is 0.484 e. The minimum absolute atomic E-state index is 0.0618. The molecule has 0 aromatic heterocycles. The summed E-state index contributed by atoms with van der Waals surface area (Å²) in [6.45, 7) is 4.87. The molecule has 8 heteroatoms. The zero-order chi connectivity index (χ0) is 22.3. The third kappa shape index (κ3) is 5.83. The van der Waals surface area contributed by atoms with Crippen LogP contribution in [-0.4, -0.2) is 47.9 Å². The molecule has 0 unspecified atom stereocenters. The second-order valence-corrected chi connectivity index (χ2v) is 7.41. The topological polar surface area (TPSA) is 123 Å². The number of rotatable bonds is 7. The first-order valence-corrected chi connectivity index (χ1v) is 9.85. The van der Waals surface area contributed by atoms with E-state index in [0.29, 0.717) is 5.75 Å². The number of nitrogens with zero attached hydrogens (tertiary/aromatic N) is 2. The van der Waals surface area contributed by atoms with Gasteiger partial charge in [-0.05, 0) is 64.3 Å². The molecule has 1 fully saturated rings. The minimum Gasteiger partial charge on any atom is -0.484 e. The SMILES string of the molecule is C/C(N)=C(/C#N)C(=O)COC(=O)c1ccc(OCC(=O)N2[C@H](C)CCC[C@H]2C)cc1. The highest BCUT2D eigenvalue weighted by Crippen LogP contribution is 2.23. The number of nitriles is 1. The van der Waals surface area contributed by atoms with Gasteiger partial charge in [-0.15, -0.1) is 0 Å². The molecule has 2 rings (SSSR count). The highest BCUT2D eigenvalue weighted by Gasteiger charge is 2.29. The number of hydrogen-bond donors (Lipinski definition) is 1. The molecule has 1 aromatic carbocycles. The average molecular weight is 413 g/mol. The minimum atomic E-state index is -0.714. The molecule has 0 spiro atoms. The Kier molecular flexibility index (Phi) is 7.98. The van der Waals surface area contributed by atoms with Crippen LogP contribution in [0.5, 0.6) is 5.75 Å². The summed E-state index contributed by atoms with van der Waals surface area (Å²) in [7, 11) is 0. The molecule has 0 aliphatic carbocycles. The van der Waals surface area contributed by atoms with E-state index in [0.717, 1.165) is 19.3 Å². The summed E-state index contributed by atoms with van der Waals surface area (Å²) < 4.78 is 10.5. The predicted octanol–water partition coefficient (Wildman–Crippen LogP) is 2.34. The Labute approximate surface area is 176 Å². The Morgan fingerprint density at radius 1 is 1.13 bits per heavy atom. The van der Waals surface area contributed by atoms with E-state index >= 15 is 0 Å². The Morgan fingerprint density at radius 3 is 2.27 bits per heavy atom. The van der Waals surface area contributed by atoms with Gasteiger partial charge in [-0.1, -0.05) is 0 Å². The summed E-state index contributed by atoms with van der Waals surface area (Å²) in [6, 6.07) is 8.16. The third-order valence-electron chi connectivity index (χ3n) is 5.05. The molecule has 8 nitrogen and oxygen atoms in total. The molecule has 0 bridgehead atoms. The van der Waals surface area contributed by atoms with E-state index in [2.05, 4.69) is 0 Å². The van der Waals surface area contributed by atoms with Crippen molar-refractivity contribution in [2.45, 2.75) is 52.1 Å². The molecule has 2 N–H and O–H groups in total. The monoisotopic (exact) mass is 413 g/mol. The second kappa shape index (κ2) is 10.4. The van der Waals surface area contributed by atoms with Crippen LogP contribution in [0.15, 0.2) is 35.5 Å². The fraction of sp³-hybridized carbons (Fsp3) is 0.455. The van der Waals surface area contributed by atoms with Crippen LogP contribution >= 0.6 is 0 Å². The molecule has 30 heavy (non-hydrogen) atoms. The number of benzene rings is 1. The molecule has 1 aromatic rings. The van der Waals surface area contributed by atoms with Gasteiger partial charge in [-0.2, -0.15) is 5.26 Å². The Morgan fingerprint density at radius 2 is 1.73 bits per heavy atom. The van der Waals surface area contributed by atoms with E-state index in [9.17, 15) is 14.4 Å². The van der Waals surface area contributed by atoms with Crippen LogP contribution in [0.2, 0.25) is 0 Å². The molecule has 1 amide bonds. The average Bonchev–Trinajstić information content (AvgIpc) is 2.71. The number of likely N-dealkylation sites (tertiary alicyclic amines) is 1. The van der Waals surface area contributed by atoms with Gasteiger partial charge in [0.25, 0.3) is 5.91 Å². The summed E-state index contributed by atoms with van der Waals surface area (Å²) in [4.78, 5) is 38.3. The van der Waals surface area contributed by atoms with E-state index < -0.39 is 18.4 Å². The number of hydrogen-bond acceptors (Lipinski definition) is 7. The van der Waals surface area contributed by atoms with Crippen LogP contribution in [-0.2, 0) is 14.3 Å². The number of nitrogens with two attached hydrogens (primary N) is 1. The summed E-state index contributed by atoms with van der Waals surface area (Å²) in [5.41, 5.74) is 5.51. The quantitative estimate of drug-likeness (QED) is 0.413. The van der Waals surface area contributed by atoms with E-state index in [-0.39, 0.29) is 41.4 Å². The van der Waals surface area contributed by atoms with Crippen molar-refractivity contribution < 1.29 is 23.9 Å². The number of carbonyl (C=O) groups excluding carboxylic acids is 3. The van der Waals surface area contributed by atoms with Gasteiger partial charge in [-0.3, -0.25) is 9.59 Å². The van der Waals surface area contributed by atoms with Crippen LogP contribution in [0.1, 0.15) is 50.4 Å². The van der Waals surface area contributed by atoms with Crippen LogP contribution < -0.4 is 10.5 Å². The maximum absolute atomic E-state index is 12.5.